The van der Waals surface area contributed by atoms with Gasteiger partial charge < -0.3 is 14.8 Å². The summed E-state index contributed by atoms with van der Waals surface area (Å²) < 4.78 is 11.8. The fraction of sp³-hybridized carbons (Fsp3) is 0.259. The van der Waals surface area contributed by atoms with Crippen molar-refractivity contribution in [1.82, 2.24) is 5.43 Å². The number of amides is 2. The number of para-hydroxylation sites is 1. The van der Waals surface area contributed by atoms with Gasteiger partial charge in [0.2, 0.25) is 0 Å². The Morgan fingerprint density at radius 2 is 1.70 bits per heavy atom. The molecular weight excluding hydrogens is 414 g/mol. The van der Waals surface area contributed by atoms with E-state index in [1.165, 1.54) is 11.1 Å². The van der Waals surface area contributed by atoms with Gasteiger partial charge in [-0.2, -0.15) is 5.10 Å². The molecule has 0 aromatic heterocycles. The topological polar surface area (TPSA) is 72.0 Å². The second-order valence-electron chi connectivity index (χ2n) is 8.01. The SMILES string of the molecule is Cc1ccc(C(C)C)c(OCCCOc2ccc(/C=N\NC(=O)Nc3ccccc3)cc2)c1. The maximum absolute atomic E-state index is 11.8. The number of nitrogens with one attached hydrogen (secondary N) is 2. The third-order valence-corrected chi connectivity index (χ3v) is 4.90. The molecule has 0 saturated carbocycles. The van der Waals surface area contributed by atoms with Gasteiger partial charge in [-0.3, -0.25) is 0 Å². The summed E-state index contributed by atoms with van der Waals surface area (Å²) in [5.74, 6) is 2.16. The van der Waals surface area contributed by atoms with E-state index in [-0.39, 0.29) is 0 Å². The number of rotatable bonds is 10. The maximum atomic E-state index is 11.8. The van der Waals surface area contributed by atoms with Crippen LogP contribution in [0.25, 0.3) is 0 Å². The van der Waals surface area contributed by atoms with E-state index in [0.29, 0.717) is 24.8 Å². The molecule has 33 heavy (non-hydrogen) atoms. The lowest BCUT2D eigenvalue weighted by Crippen LogP contribution is -2.24. The molecule has 0 unspecified atom stereocenters. The largest absolute Gasteiger partial charge is 0.493 e. The summed E-state index contributed by atoms with van der Waals surface area (Å²) in [5.41, 5.74) is 6.43. The van der Waals surface area contributed by atoms with E-state index in [1.807, 2.05) is 42.5 Å². The maximum Gasteiger partial charge on any atom is 0.339 e. The number of urea groups is 1. The van der Waals surface area contributed by atoms with Gasteiger partial charge in [0.15, 0.2) is 0 Å². The lowest BCUT2D eigenvalue weighted by Gasteiger charge is -2.15. The van der Waals surface area contributed by atoms with Gasteiger partial charge in [-0.1, -0.05) is 44.2 Å². The van der Waals surface area contributed by atoms with Crippen LogP contribution in [0.5, 0.6) is 11.5 Å². The molecule has 0 aliphatic carbocycles. The molecule has 0 spiro atoms. The minimum absolute atomic E-state index is 0.397. The Hall–Kier alpha value is -3.80. The number of hydrazone groups is 1. The lowest BCUT2D eigenvalue weighted by molar-refractivity contribution is 0.245. The first-order valence-corrected chi connectivity index (χ1v) is 11.1. The molecule has 6 heteroatoms. The van der Waals surface area contributed by atoms with Gasteiger partial charge in [0.05, 0.1) is 19.4 Å². The zero-order valence-corrected chi connectivity index (χ0v) is 19.4. The standard InChI is InChI=1S/C27H31N3O3/c1-20(2)25-15-10-21(3)18-26(25)33-17-7-16-32-24-13-11-22(12-14-24)19-28-30-27(31)29-23-8-5-4-6-9-23/h4-6,8-15,18-20H,7,16-17H2,1-3H3,(H2,29,30,31)/b28-19-. The molecule has 0 aliphatic heterocycles. The summed E-state index contributed by atoms with van der Waals surface area (Å²) in [6.07, 6.45) is 2.37. The van der Waals surface area contributed by atoms with Crippen molar-refractivity contribution >= 4 is 17.9 Å². The number of ether oxygens (including phenoxy) is 2. The molecule has 0 heterocycles. The number of hydrogen-bond acceptors (Lipinski definition) is 4. The highest BCUT2D eigenvalue weighted by molar-refractivity contribution is 5.90. The minimum atomic E-state index is -0.397. The molecule has 172 valence electrons. The number of carbonyl (C=O) groups is 1. The van der Waals surface area contributed by atoms with Crippen LogP contribution in [0.4, 0.5) is 10.5 Å². The monoisotopic (exact) mass is 445 g/mol. The normalized spacial score (nSPS) is 10.9. The van der Waals surface area contributed by atoms with Crippen molar-refractivity contribution in [3.63, 3.8) is 0 Å². The van der Waals surface area contributed by atoms with E-state index < -0.39 is 6.03 Å². The summed E-state index contributed by atoms with van der Waals surface area (Å²) >= 11 is 0. The summed E-state index contributed by atoms with van der Waals surface area (Å²) in [6.45, 7) is 7.58. The Balaban J connectivity index is 1.37. The Bertz CT molecular complexity index is 1050. The van der Waals surface area contributed by atoms with Crippen LogP contribution in [0.3, 0.4) is 0 Å². The van der Waals surface area contributed by atoms with E-state index >= 15 is 0 Å². The highest BCUT2D eigenvalue weighted by Gasteiger charge is 2.08. The fourth-order valence-corrected chi connectivity index (χ4v) is 3.17. The van der Waals surface area contributed by atoms with Gasteiger partial charge in [0.25, 0.3) is 0 Å². The van der Waals surface area contributed by atoms with Gasteiger partial charge in [0.1, 0.15) is 11.5 Å². The Labute approximate surface area is 195 Å². The number of aryl methyl sites for hydroxylation is 1. The van der Waals surface area contributed by atoms with Crippen LogP contribution >= 0.6 is 0 Å². The number of benzene rings is 3. The second-order valence-corrected chi connectivity index (χ2v) is 8.01. The third-order valence-electron chi connectivity index (χ3n) is 4.90. The van der Waals surface area contributed by atoms with E-state index in [1.54, 1.807) is 18.3 Å². The van der Waals surface area contributed by atoms with Crippen molar-refractivity contribution in [2.75, 3.05) is 18.5 Å². The van der Waals surface area contributed by atoms with Gasteiger partial charge in [-0.25, -0.2) is 10.2 Å². The Kier molecular flexibility index (Phi) is 8.88. The van der Waals surface area contributed by atoms with Gasteiger partial charge in [-0.15, -0.1) is 0 Å². The van der Waals surface area contributed by atoms with Crippen molar-refractivity contribution in [1.29, 1.82) is 0 Å². The van der Waals surface area contributed by atoms with E-state index in [4.69, 9.17) is 9.47 Å². The molecule has 0 saturated heterocycles. The second kappa shape index (κ2) is 12.3. The van der Waals surface area contributed by atoms with Crippen LogP contribution in [-0.2, 0) is 0 Å². The Morgan fingerprint density at radius 1 is 0.970 bits per heavy atom. The molecule has 0 atom stereocenters. The molecule has 0 fully saturated rings. The third kappa shape index (κ3) is 8.00. The van der Waals surface area contributed by atoms with E-state index in [9.17, 15) is 4.79 Å². The predicted molar refractivity (Wildman–Crippen MR) is 134 cm³/mol. The van der Waals surface area contributed by atoms with Crippen molar-refractivity contribution in [2.45, 2.75) is 33.1 Å². The van der Waals surface area contributed by atoms with Gasteiger partial charge in [-0.05, 0) is 72.0 Å². The average Bonchev–Trinajstić information content (AvgIpc) is 2.80. The van der Waals surface area contributed by atoms with Crippen molar-refractivity contribution in [3.05, 3.63) is 89.5 Å². The summed E-state index contributed by atoms with van der Waals surface area (Å²) in [6, 6.07) is 22.7. The molecule has 0 aliphatic rings. The lowest BCUT2D eigenvalue weighted by atomic mass is 10.0. The molecule has 3 aromatic carbocycles. The number of carbonyl (C=O) groups excluding carboxylic acids is 1. The first kappa shape index (κ1) is 23.9. The predicted octanol–water partition coefficient (Wildman–Crippen LogP) is 6.12. The molecule has 3 rings (SSSR count). The highest BCUT2D eigenvalue weighted by Crippen LogP contribution is 2.27. The minimum Gasteiger partial charge on any atom is -0.493 e. The van der Waals surface area contributed by atoms with Crippen LogP contribution in [-0.4, -0.2) is 25.5 Å². The number of hydrogen-bond donors (Lipinski definition) is 2. The van der Waals surface area contributed by atoms with Gasteiger partial charge >= 0.3 is 6.03 Å². The summed E-state index contributed by atoms with van der Waals surface area (Å²) in [4.78, 5) is 11.8. The van der Waals surface area contributed by atoms with Crippen molar-refractivity contribution in [2.24, 2.45) is 5.10 Å². The molecular formula is C27H31N3O3. The molecule has 6 nitrogen and oxygen atoms in total. The molecule has 2 amide bonds. The smallest absolute Gasteiger partial charge is 0.339 e. The van der Waals surface area contributed by atoms with Gasteiger partial charge in [0, 0.05) is 12.1 Å². The highest BCUT2D eigenvalue weighted by atomic mass is 16.5. The molecule has 2 N–H and O–H groups in total. The molecule has 0 radical (unpaired) electrons. The zero-order valence-electron chi connectivity index (χ0n) is 19.4. The summed E-state index contributed by atoms with van der Waals surface area (Å²) in [5, 5.41) is 6.66. The first-order valence-electron chi connectivity index (χ1n) is 11.1. The first-order chi connectivity index (χ1) is 16.0. The average molecular weight is 446 g/mol. The van der Waals surface area contributed by atoms with Crippen LogP contribution in [0, 0.1) is 6.92 Å². The van der Waals surface area contributed by atoms with E-state index in [0.717, 1.165) is 23.5 Å². The quantitative estimate of drug-likeness (QED) is 0.224. The van der Waals surface area contributed by atoms with Crippen LogP contribution in [0.2, 0.25) is 0 Å². The fourth-order valence-electron chi connectivity index (χ4n) is 3.17. The number of anilines is 1. The van der Waals surface area contributed by atoms with Crippen molar-refractivity contribution in [3.8, 4) is 11.5 Å². The van der Waals surface area contributed by atoms with Crippen LogP contribution < -0.4 is 20.2 Å². The van der Waals surface area contributed by atoms with Crippen LogP contribution in [0.15, 0.2) is 77.9 Å². The Morgan fingerprint density at radius 3 is 2.42 bits per heavy atom. The molecule has 0 bridgehead atoms. The number of nitrogens with zero attached hydrogens (tertiary/aromatic N) is 1. The van der Waals surface area contributed by atoms with Crippen molar-refractivity contribution < 1.29 is 14.3 Å². The van der Waals surface area contributed by atoms with E-state index in [2.05, 4.69) is 54.8 Å². The van der Waals surface area contributed by atoms with Crippen LogP contribution in [0.1, 0.15) is 42.9 Å². The zero-order chi connectivity index (χ0) is 23.5. The summed E-state index contributed by atoms with van der Waals surface area (Å²) in [7, 11) is 0. The molecule has 3 aromatic rings.